The van der Waals surface area contributed by atoms with Crippen LogP contribution in [-0.2, 0) is 23.1 Å². The van der Waals surface area contributed by atoms with Crippen LogP contribution in [0.3, 0.4) is 0 Å². The second-order valence-electron chi connectivity index (χ2n) is 7.84. The van der Waals surface area contributed by atoms with Gasteiger partial charge < -0.3 is 24.4 Å². The second kappa shape index (κ2) is 12.4. The summed E-state index contributed by atoms with van der Waals surface area (Å²) in [6, 6.07) is 0. The Balaban J connectivity index is 0.00000320. The number of piperidine rings is 1. The van der Waals surface area contributed by atoms with Gasteiger partial charge in [-0.2, -0.15) is 0 Å². The van der Waals surface area contributed by atoms with Crippen molar-refractivity contribution in [2.45, 2.75) is 46.1 Å². The Morgan fingerprint density at radius 2 is 1.87 bits per heavy atom. The molecule has 1 aromatic rings. The van der Waals surface area contributed by atoms with E-state index in [0.717, 1.165) is 76.0 Å². The van der Waals surface area contributed by atoms with Gasteiger partial charge in [0.25, 0.3) is 0 Å². The number of rotatable bonds is 6. The van der Waals surface area contributed by atoms with Gasteiger partial charge in [-0.3, -0.25) is 4.79 Å². The molecule has 1 amide bonds. The molecule has 3 heterocycles. The van der Waals surface area contributed by atoms with Gasteiger partial charge in [0, 0.05) is 45.7 Å². The first-order valence-electron chi connectivity index (χ1n) is 10.8. The fourth-order valence-electron chi connectivity index (χ4n) is 3.76. The molecule has 3 rings (SSSR count). The normalized spacial score (nSPS) is 18.3. The maximum Gasteiger partial charge on any atom is 0.225 e. The molecule has 0 atom stereocenters. The Hall–Kier alpha value is -1.43. The van der Waals surface area contributed by atoms with E-state index < -0.39 is 0 Å². The van der Waals surface area contributed by atoms with Crippen LogP contribution in [0, 0.1) is 12.8 Å². The highest BCUT2D eigenvalue weighted by atomic mass is 127. The van der Waals surface area contributed by atoms with Gasteiger partial charge in [-0.05, 0) is 26.2 Å². The van der Waals surface area contributed by atoms with Crippen molar-refractivity contribution in [3.05, 3.63) is 11.6 Å². The van der Waals surface area contributed by atoms with Crippen LogP contribution in [0.5, 0.6) is 0 Å². The van der Waals surface area contributed by atoms with E-state index >= 15 is 0 Å². The molecule has 0 unspecified atom stereocenters. The molecule has 2 saturated heterocycles. The molecule has 0 aliphatic carbocycles. The minimum atomic E-state index is 0. The number of aromatic nitrogens is 3. The van der Waals surface area contributed by atoms with Crippen molar-refractivity contribution in [3.8, 4) is 0 Å². The average Bonchev–Trinajstić information content (AvgIpc) is 3.08. The third kappa shape index (κ3) is 6.53. The molecular weight excluding hydrogens is 497 g/mol. The highest BCUT2D eigenvalue weighted by molar-refractivity contribution is 14.0. The average molecular weight is 533 g/mol. The number of ether oxygens (including phenoxy) is 1. The molecular formula is C20H36IN7O2. The van der Waals surface area contributed by atoms with Crippen LogP contribution in [0.1, 0.15) is 44.3 Å². The van der Waals surface area contributed by atoms with E-state index in [2.05, 4.69) is 27.3 Å². The maximum atomic E-state index is 12.8. The van der Waals surface area contributed by atoms with E-state index in [9.17, 15) is 4.79 Å². The zero-order valence-electron chi connectivity index (χ0n) is 18.5. The summed E-state index contributed by atoms with van der Waals surface area (Å²) in [4.78, 5) is 21.8. The summed E-state index contributed by atoms with van der Waals surface area (Å²) in [6.07, 6.45) is 3.98. The van der Waals surface area contributed by atoms with Crippen molar-refractivity contribution in [3.63, 3.8) is 0 Å². The van der Waals surface area contributed by atoms with Gasteiger partial charge in [0.15, 0.2) is 11.8 Å². The van der Waals surface area contributed by atoms with Gasteiger partial charge >= 0.3 is 0 Å². The number of carbonyl (C=O) groups is 1. The van der Waals surface area contributed by atoms with Gasteiger partial charge in [0.1, 0.15) is 12.4 Å². The van der Waals surface area contributed by atoms with E-state index in [1.165, 1.54) is 0 Å². The van der Waals surface area contributed by atoms with Crippen LogP contribution in [-0.4, -0.2) is 82.4 Å². The number of unbranched alkanes of at least 4 members (excludes halogenated alkanes) is 1. The largest absolute Gasteiger partial charge is 0.378 e. The van der Waals surface area contributed by atoms with Gasteiger partial charge in [0.05, 0.1) is 13.2 Å². The van der Waals surface area contributed by atoms with Crippen LogP contribution >= 0.6 is 24.0 Å². The first-order valence-corrected chi connectivity index (χ1v) is 10.8. The SMILES string of the molecule is CCCCNC(=NCc1nnc(C)n1C)N1CCC(C(=O)N2CCOCC2)CC1.I. The van der Waals surface area contributed by atoms with Gasteiger partial charge in [-0.25, -0.2) is 4.99 Å². The zero-order chi connectivity index (χ0) is 20.6. The second-order valence-corrected chi connectivity index (χ2v) is 7.84. The van der Waals surface area contributed by atoms with E-state index in [1.807, 2.05) is 23.4 Å². The first kappa shape index (κ1) is 24.8. The lowest BCUT2D eigenvalue weighted by atomic mass is 9.95. The topological polar surface area (TPSA) is 87.9 Å². The molecule has 0 bridgehead atoms. The molecule has 2 fully saturated rings. The zero-order valence-corrected chi connectivity index (χ0v) is 20.8. The van der Waals surface area contributed by atoms with Gasteiger partial charge in [0.2, 0.25) is 5.91 Å². The predicted molar refractivity (Wildman–Crippen MR) is 127 cm³/mol. The van der Waals surface area contributed by atoms with Crippen LogP contribution in [0.25, 0.3) is 0 Å². The number of carbonyl (C=O) groups excluding carboxylic acids is 1. The minimum Gasteiger partial charge on any atom is -0.378 e. The van der Waals surface area contributed by atoms with E-state index in [-0.39, 0.29) is 29.9 Å². The fourth-order valence-corrected chi connectivity index (χ4v) is 3.76. The van der Waals surface area contributed by atoms with E-state index in [1.54, 1.807) is 0 Å². The Kier molecular flexibility index (Phi) is 10.3. The molecule has 9 nitrogen and oxygen atoms in total. The quantitative estimate of drug-likeness (QED) is 0.259. The summed E-state index contributed by atoms with van der Waals surface area (Å²) >= 11 is 0. The Labute approximate surface area is 196 Å². The predicted octanol–water partition coefficient (Wildman–Crippen LogP) is 1.56. The molecule has 2 aliphatic rings. The monoisotopic (exact) mass is 533 g/mol. The molecule has 1 N–H and O–H groups in total. The highest BCUT2D eigenvalue weighted by Crippen LogP contribution is 2.20. The number of hydrogen-bond donors (Lipinski definition) is 1. The lowest BCUT2D eigenvalue weighted by molar-refractivity contribution is -0.140. The number of nitrogens with zero attached hydrogens (tertiary/aromatic N) is 6. The summed E-state index contributed by atoms with van der Waals surface area (Å²) in [6.45, 7) is 9.98. The molecule has 0 aromatic carbocycles. The van der Waals surface area contributed by atoms with Crippen LogP contribution < -0.4 is 5.32 Å². The van der Waals surface area contributed by atoms with Crippen molar-refractivity contribution < 1.29 is 9.53 Å². The Morgan fingerprint density at radius 3 is 2.47 bits per heavy atom. The molecule has 0 spiro atoms. The molecule has 0 radical (unpaired) electrons. The molecule has 10 heteroatoms. The van der Waals surface area contributed by atoms with Gasteiger partial charge in [-0.15, -0.1) is 34.2 Å². The smallest absolute Gasteiger partial charge is 0.225 e. The van der Waals surface area contributed by atoms with Crippen molar-refractivity contribution >= 4 is 35.8 Å². The summed E-state index contributed by atoms with van der Waals surface area (Å²) in [7, 11) is 1.97. The van der Waals surface area contributed by atoms with E-state index in [0.29, 0.717) is 25.7 Å². The Morgan fingerprint density at radius 1 is 1.17 bits per heavy atom. The molecule has 2 aliphatic heterocycles. The number of amides is 1. The number of likely N-dealkylation sites (tertiary alicyclic amines) is 1. The number of guanidine groups is 1. The standard InChI is InChI=1S/C20H35N7O2.HI/c1-4-5-8-21-20(22-15-18-24-23-16(2)25(18)3)27-9-6-17(7-10-27)19(28)26-11-13-29-14-12-26;/h17H,4-15H2,1-3H3,(H,21,22);1H. The number of nitrogens with one attached hydrogen (secondary N) is 1. The number of morpholine rings is 1. The lowest BCUT2D eigenvalue weighted by Crippen LogP contribution is -2.50. The van der Waals surface area contributed by atoms with Crippen LogP contribution in [0.2, 0.25) is 0 Å². The Bertz CT molecular complexity index is 695. The number of aliphatic imine (C=N–C) groups is 1. The summed E-state index contributed by atoms with van der Waals surface area (Å²) in [5.74, 6) is 3.06. The molecule has 0 saturated carbocycles. The number of aryl methyl sites for hydroxylation is 1. The van der Waals surface area contributed by atoms with Crippen molar-refractivity contribution in [1.82, 2.24) is 29.9 Å². The third-order valence-corrected chi connectivity index (χ3v) is 5.83. The molecule has 30 heavy (non-hydrogen) atoms. The lowest BCUT2D eigenvalue weighted by Gasteiger charge is -2.36. The van der Waals surface area contributed by atoms with Crippen molar-refractivity contribution in [1.29, 1.82) is 0 Å². The number of halogens is 1. The summed E-state index contributed by atoms with van der Waals surface area (Å²) in [5, 5.41) is 11.8. The van der Waals surface area contributed by atoms with Crippen molar-refractivity contribution in [2.75, 3.05) is 45.9 Å². The highest BCUT2D eigenvalue weighted by Gasteiger charge is 2.30. The fraction of sp³-hybridized carbons (Fsp3) is 0.800. The van der Waals surface area contributed by atoms with Crippen LogP contribution in [0.15, 0.2) is 4.99 Å². The summed E-state index contributed by atoms with van der Waals surface area (Å²) in [5.41, 5.74) is 0. The number of hydrogen-bond acceptors (Lipinski definition) is 5. The maximum absolute atomic E-state index is 12.8. The minimum absolute atomic E-state index is 0. The molecule has 170 valence electrons. The van der Waals surface area contributed by atoms with Crippen molar-refractivity contribution in [2.24, 2.45) is 18.0 Å². The summed E-state index contributed by atoms with van der Waals surface area (Å²) < 4.78 is 7.34. The van der Waals surface area contributed by atoms with Crippen LogP contribution in [0.4, 0.5) is 0 Å². The molecule has 1 aromatic heterocycles. The van der Waals surface area contributed by atoms with Gasteiger partial charge in [-0.1, -0.05) is 13.3 Å². The third-order valence-electron chi connectivity index (χ3n) is 5.83. The van der Waals surface area contributed by atoms with E-state index in [4.69, 9.17) is 9.73 Å². The first-order chi connectivity index (χ1) is 14.1.